The molecule has 2 heteroatoms. The Morgan fingerprint density at radius 1 is 1.50 bits per heavy atom. The van der Waals surface area contributed by atoms with Crippen LogP contribution in [0.1, 0.15) is 39.5 Å². The molecule has 0 unspecified atom stereocenters. The van der Waals surface area contributed by atoms with Gasteiger partial charge < -0.3 is 4.79 Å². The van der Waals surface area contributed by atoms with Crippen LogP contribution < -0.4 is 0 Å². The molecule has 2 nitrogen and oxygen atoms in total. The minimum atomic E-state index is 0.0336. The summed E-state index contributed by atoms with van der Waals surface area (Å²) in [6.07, 6.45) is 3.49. The lowest BCUT2D eigenvalue weighted by molar-refractivity contribution is -0.131. The molecule has 0 bridgehead atoms. The quantitative estimate of drug-likeness (QED) is 0.631. The average molecular weight is 168 g/mol. The molecule has 1 aliphatic rings. The third-order valence-electron chi connectivity index (χ3n) is 2.61. The van der Waals surface area contributed by atoms with E-state index in [1.54, 1.807) is 6.92 Å². The molecule has 0 radical (unpaired) electrons. The average Bonchev–Trinajstić information content (AvgIpc) is 1.98. The molecule has 1 fully saturated rings. The monoisotopic (exact) mass is 168 g/mol. The first-order valence-corrected chi connectivity index (χ1v) is 4.64. The van der Waals surface area contributed by atoms with Gasteiger partial charge in [-0.15, -0.1) is 0 Å². The summed E-state index contributed by atoms with van der Waals surface area (Å²) in [4.78, 5) is 22.3. The fourth-order valence-corrected chi connectivity index (χ4v) is 1.91. The molecule has 0 aliphatic heterocycles. The summed E-state index contributed by atoms with van der Waals surface area (Å²) in [6.45, 7) is 3.53. The summed E-state index contributed by atoms with van der Waals surface area (Å²) in [5.41, 5.74) is 0. The first kappa shape index (κ1) is 9.43. The lowest BCUT2D eigenvalue weighted by Crippen LogP contribution is -2.27. The van der Waals surface area contributed by atoms with Gasteiger partial charge in [0.05, 0.1) is 0 Å². The van der Waals surface area contributed by atoms with Crippen molar-refractivity contribution in [1.82, 2.24) is 0 Å². The summed E-state index contributed by atoms with van der Waals surface area (Å²) < 4.78 is 0. The minimum Gasteiger partial charge on any atom is -0.300 e. The van der Waals surface area contributed by atoms with Gasteiger partial charge in [-0.25, -0.2) is 0 Å². The first-order valence-electron chi connectivity index (χ1n) is 4.64. The number of hydrogen-bond donors (Lipinski definition) is 0. The molecular formula is C10H16O2. The molecular weight excluding hydrogens is 152 g/mol. The van der Waals surface area contributed by atoms with E-state index in [0.717, 1.165) is 19.3 Å². The van der Waals surface area contributed by atoms with Crippen LogP contribution in [0.5, 0.6) is 0 Å². The van der Waals surface area contributed by atoms with Crippen molar-refractivity contribution in [2.45, 2.75) is 39.5 Å². The summed E-state index contributed by atoms with van der Waals surface area (Å²) in [6, 6.07) is 0. The third-order valence-corrected chi connectivity index (χ3v) is 2.61. The number of carbonyl (C=O) groups is 2. The van der Waals surface area contributed by atoms with Crippen LogP contribution in [0.2, 0.25) is 0 Å². The van der Waals surface area contributed by atoms with Crippen LogP contribution >= 0.6 is 0 Å². The SMILES string of the molecule is CC(=O)C[C@@H]1CCC[C@H](C)C1=O. The van der Waals surface area contributed by atoms with Gasteiger partial charge >= 0.3 is 0 Å². The molecule has 0 spiro atoms. The van der Waals surface area contributed by atoms with Gasteiger partial charge in [0.25, 0.3) is 0 Å². The van der Waals surface area contributed by atoms with E-state index in [1.807, 2.05) is 6.92 Å². The Morgan fingerprint density at radius 3 is 2.75 bits per heavy atom. The highest BCUT2D eigenvalue weighted by Gasteiger charge is 2.28. The van der Waals surface area contributed by atoms with Crippen LogP contribution in [0.4, 0.5) is 0 Å². The molecule has 0 saturated heterocycles. The lowest BCUT2D eigenvalue weighted by Gasteiger charge is -2.24. The number of carbonyl (C=O) groups excluding carboxylic acids is 2. The molecule has 1 aliphatic carbocycles. The standard InChI is InChI=1S/C10H16O2/c1-7-4-3-5-9(10(7)12)6-8(2)11/h7,9H,3-6H2,1-2H3/t7-,9-/m0/s1. The van der Waals surface area contributed by atoms with E-state index in [4.69, 9.17) is 0 Å². The zero-order valence-electron chi connectivity index (χ0n) is 7.80. The van der Waals surface area contributed by atoms with Gasteiger partial charge in [-0.05, 0) is 19.8 Å². The second kappa shape index (κ2) is 3.83. The molecule has 0 aromatic carbocycles. The molecule has 2 atom stereocenters. The van der Waals surface area contributed by atoms with E-state index in [1.165, 1.54) is 0 Å². The molecule has 1 rings (SSSR count). The number of ketones is 2. The van der Waals surface area contributed by atoms with E-state index in [9.17, 15) is 9.59 Å². The van der Waals surface area contributed by atoms with Crippen molar-refractivity contribution in [2.24, 2.45) is 11.8 Å². The van der Waals surface area contributed by atoms with Crippen LogP contribution in [-0.4, -0.2) is 11.6 Å². The Labute approximate surface area is 73.3 Å². The predicted octanol–water partition coefficient (Wildman–Crippen LogP) is 1.97. The van der Waals surface area contributed by atoms with Crippen molar-refractivity contribution in [3.05, 3.63) is 0 Å². The zero-order chi connectivity index (χ0) is 9.14. The van der Waals surface area contributed by atoms with E-state index < -0.39 is 0 Å². The van der Waals surface area contributed by atoms with E-state index in [-0.39, 0.29) is 17.6 Å². The van der Waals surface area contributed by atoms with Crippen LogP contribution in [0.15, 0.2) is 0 Å². The van der Waals surface area contributed by atoms with Gasteiger partial charge in [0, 0.05) is 18.3 Å². The van der Waals surface area contributed by atoms with Crippen LogP contribution in [0.3, 0.4) is 0 Å². The van der Waals surface area contributed by atoms with Crippen molar-refractivity contribution in [1.29, 1.82) is 0 Å². The molecule has 68 valence electrons. The molecule has 0 N–H and O–H groups in total. The van der Waals surface area contributed by atoms with Crippen LogP contribution in [-0.2, 0) is 9.59 Å². The van der Waals surface area contributed by atoms with Crippen molar-refractivity contribution in [3.8, 4) is 0 Å². The van der Waals surface area contributed by atoms with E-state index in [0.29, 0.717) is 12.2 Å². The normalized spacial score (nSPS) is 30.3. The Hall–Kier alpha value is -0.660. The van der Waals surface area contributed by atoms with E-state index >= 15 is 0 Å². The largest absolute Gasteiger partial charge is 0.300 e. The highest BCUT2D eigenvalue weighted by molar-refractivity contribution is 5.88. The lowest BCUT2D eigenvalue weighted by atomic mass is 9.79. The maximum atomic E-state index is 11.5. The summed E-state index contributed by atoms with van der Waals surface area (Å²) in [5.74, 6) is 0.660. The van der Waals surface area contributed by atoms with Crippen molar-refractivity contribution in [3.63, 3.8) is 0 Å². The first-order chi connectivity index (χ1) is 5.61. The Morgan fingerprint density at radius 2 is 2.17 bits per heavy atom. The highest BCUT2D eigenvalue weighted by atomic mass is 16.1. The number of rotatable bonds is 2. The number of hydrogen-bond acceptors (Lipinski definition) is 2. The summed E-state index contributed by atoms with van der Waals surface area (Å²) >= 11 is 0. The molecule has 0 amide bonds. The van der Waals surface area contributed by atoms with E-state index in [2.05, 4.69) is 0 Å². The van der Waals surface area contributed by atoms with Crippen molar-refractivity contribution < 1.29 is 9.59 Å². The van der Waals surface area contributed by atoms with Gasteiger partial charge in [0.15, 0.2) is 0 Å². The van der Waals surface area contributed by atoms with Crippen LogP contribution in [0, 0.1) is 11.8 Å². The molecule has 0 heterocycles. The molecule has 0 aromatic heterocycles. The molecule has 1 saturated carbocycles. The second-order valence-corrected chi connectivity index (χ2v) is 3.84. The van der Waals surface area contributed by atoms with Crippen LogP contribution in [0.25, 0.3) is 0 Å². The second-order valence-electron chi connectivity index (χ2n) is 3.84. The number of Topliss-reactive ketones (excluding diaryl/α,β-unsaturated/α-hetero) is 2. The van der Waals surface area contributed by atoms with Gasteiger partial charge in [0.2, 0.25) is 0 Å². The fraction of sp³-hybridized carbons (Fsp3) is 0.800. The Balaban J connectivity index is 2.52. The van der Waals surface area contributed by atoms with Gasteiger partial charge in [-0.3, -0.25) is 4.79 Å². The summed E-state index contributed by atoms with van der Waals surface area (Å²) in [7, 11) is 0. The predicted molar refractivity (Wildman–Crippen MR) is 46.8 cm³/mol. The van der Waals surface area contributed by atoms with Crippen molar-refractivity contribution >= 4 is 11.6 Å². The van der Waals surface area contributed by atoms with Crippen molar-refractivity contribution in [2.75, 3.05) is 0 Å². The van der Waals surface area contributed by atoms with Gasteiger partial charge in [-0.2, -0.15) is 0 Å². The fourth-order valence-electron chi connectivity index (χ4n) is 1.91. The molecule has 0 aromatic rings. The maximum absolute atomic E-state index is 11.5. The highest BCUT2D eigenvalue weighted by Crippen LogP contribution is 2.27. The third kappa shape index (κ3) is 2.16. The zero-order valence-corrected chi connectivity index (χ0v) is 7.80. The Bertz CT molecular complexity index is 196. The smallest absolute Gasteiger partial charge is 0.139 e. The topological polar surface area (TPSA) is 34.1 Å². The minimum absolute atomic E-state index is 0.0336. The Kier molecular flexibility index (Phi) is 3.01. The van der Waals surface area contributed by atoms with Gasteiger partial charge in [0.1, 0.15) is 11.6 Å². The maximum Gasteiger partial charge on any atom is 0.139 e. The molecule has 12 heavy (non-hydrogen) atoms. The summed E-state index contributed by atoms with van der Waals surface area (Å²) in [5, 5.41) is 0. The van der Waals surface area contributed by atoms with Gasteiger partial charge in [-0.1, -0.05) is 13.3 Å².